The van der Waals surface area contributed by atoms with Gasteiger partial charge in [0.05, 0.1) is 6.20 Å². The third kappa shape index (κ3) is 2.36. The molecule has 0 spiro atoms. The van der Waals surface area contributed by atoms with E-state index in [0.717, 1.165) is 17.2 Å². The number of rotatable bonds is 0. The van der Waals surface area contributed by atoms with Gasteiger partial charge in [0, 0.05) is 11.8 Å². The molecule has 3 aromatic rings. The van der Waals surface area contributed by atoms with Crippen molar-refractivity contribution in [1.82, 2.24) is 30.0 Å². The molecule has 3 aromatic heterocycles. The molecule has 0 amide bonds. The van der Waals surface area contributed by atoms with Crippen LogP contribution in [0, 0.1) is 13.8 Å². The first-order chi connectivity index (χ1) is 8.06. The second-order valence-corrected chi connectivity index (χ2v) is 3.50. The van der Waals surface area contributed by atoms with Gasteiger partial charge < -0.3 is 10.2 Å². The summed E-state index contributed by atoms with van der Waals surface area (Å²) < 4.78 is 1.67. The van der Waals surface area contributed by atoms with Crippen LogP contribution in [0.25, 0.3) is 5.65 Å². The molecule has 0 saturated carbocycles. The fraction of sp³-hybridized carbons (Fsp3) is 0.222. The molecular formula is C9H12N6O2. The summed E-state index contributed by atoms with van der Waals surface area (Å²) in [5.74, 6) is 0.520. The van der Waals surface area contributed by atoms with Crippen LogP contribution in [-0.4, -0.2) is 35.1 Å². The predicted octanol–water partition coefficient (Wildman–Crippen LogP) is 0.0828. The van der Waals surface area contributed by atoms with Gasteiger partial charge in [-0.05, 0) is 13.8 Å². The Kier molecular flexibility index (Phi) is 2.69. The van der Waals surface area contributed by atoms with Crippen molar-refractivity contribution in [2.75, 3.05) is 0 Å². The summed E-state index contributed by atoms with van der Waals surface area (Å²) in [6.07, 6.45) is 1.18. The van der Waals surface area contributed by atoms with E-state index >= 15 is 0 Å². The molecular weight excluding hydrogens is 224 g/mol. The number of hydrogen-bond donors (Lipinski definition) is 4. The lowest BCUT2D eigenvalue weighted by Gasteiger charge is -1.78. The van der Waals surface area contributed by atoms with E-state index < -0.39 is 5.56 Å². The Bertz CT molecular complexity index is 610. The van der Waals surface area contributed by atoms with Crippen molar-refractivity contribution in [3.05, 3.63) is 34.1 Å². The van der Waals surface area contributed by atoms with Crippen molar-refractivity contribution in [2.45, 2.75) is 13.8 Å². The first kappa shape index (κ1) is 11.0. The van der Waals surface area contributed by atoms with Crippen molar-refractivity contribution in [1.29, 1.82) is 0 Å². The zero-order chi connectivity index (χ0) is 12.4. The fourth-order valence-electron chi connectivity index (χ4n) is 1.30. The minimum Gasteiger partial charge on any atom is -0.502 e. The Hall–Kier alpha value is -2.51. The second-order valence-electron chi connectivity index (χ2n) is 3.50. The van der Waals surface area contributed by atoms with E-state index in [1.165, 1.54) is 6.20 Å². The van der Waals surface area contributed by atoms with Crippen LogP contribution in [-0.2, 0) is 0 Å². The maximum Gasteiger partial charge on any atom is 0.306 e. The van der Waals surface area contributed by atoms with Crippen molar-refractivity contribution >= 4 is 5.65 Å². The van der Waals surface area contributed by atoms with Gasteiger partial charge in [-0.25, -0.2) is 4.98 Å². The molecule has 0 radical (unpaired) electrons. The number of fused-ring (bicyclic) bond motifs is 1. The molecule has 0 aromatic carbocycles. The third-order valence-corrected chi connectivity index (χ3v) is 1.99. The van der Waals surface area contributed by atoms with Gasteiger partial charge in [0.1, 0.15) is 5.82 Å². The average Bonchev–Trinajstić information content (AvgIpc) is 2.84. The van der Waals surface area contributed by atoms with Crippen molar-refractivity contribution < 1.29 is 5.11 Å². The molecule has 0 fully saturated rings. The molecule has 0 aliphatic carbocycles. The van der Waals surface area contributed by atoms with Crippen molar-refractivity contribution in [3.63, 3.8) is 0 Å². The summed E-state index contributed by atoms with van der Waals surface area (Å²) in [4.78, 5) is 14.2. The van der Waals surface area contributed by atoms with Crippen LogP contribution >= 0.6 is 0 Å². The van der Waals surface area contributed by atoms with Crippen LogP contribution in [0.5, 0.6) is 5.75 Å². The van der Waals surface area contributed by atoms with Crippen molar-refractivity contribution in [2.24, 2.45) is 0 Å². The van der Waals surface area contributed by atoms with Crippen LogP contribution in [0.2, 0.25) is 0 Å². The standard InChI is InChI=1S/C6H8N4.C3H4N2O2/c1-4-3-6-7-5(2)9-10(6)8-4;6-2-1-4-5-3(2)7/h3,8H,1-2H3;1,6H,(H2,4,5,7). The first-order valence-corrected chi connectivity index (χ1v) is 4.90. The summed E-state index contributed by atoms with van der Waals surface area (Å²) in [5.41, 5.74) is 1.48. The fourth-order valence-corrected chi connectivity index (χ4v) is 1.30. The van der Waals surface area contributed by atoms with E-state index in [0.29, 0.717) is 0 Å². The highest BCUT2D eigenvalue weighted by Crippen LogP contribution is 2.01. The highest BCUT2D eigenvalue weighted by atomic mass is 16.3. The number of aromatic nitrogens is 6. The van der Waals surface area contributed by atoms with Gasteiger partial charge in [0.2, 0.25) is 5.75 Å². The highest BCUT2D eigenvalue weighted by Gasteiger charge is 1.99. The number of hydrogen-bond acceptors (Lipinski definition) is 4. The molecule has 3 heterocycles. The average molecular weight is 236 g/mol. The Balaban J connectivity index is 0.000000136. The van der Waals surface area contributed by atoms with Crippen molar-refractivity contribution in [3.8, 4) is 5.75 Å². The first-order valence-electron chi connectivity index (χ1n) is 4.90. The largest absolute Gasteiger partial charge is 0.502 e. The number of aryl methyl sites for hydroxylation is 2. The molecule has 17 heavy (non-hydrogen) atoms. The van der Waals surface area contributed by atoms with Crippen LogP contribution in [0.4, 0.5) is 0 Å². The van der Waals surface area contributed by atoms with E-state index in [-0.39, 0.29) is 5.75 Å². The molecule has 0 unspecified atom stereocenters. The van der Waals surface area contributed by atoms with Gasteiger partial charge in [-0.2, -0.15) is 4.63 Å². The maximum absolute atomic E-state index is 10.1. The molecule has 8 heteroatoms. The van der Waals surface area contributed by atoms with E-state index in [4.69, 9.17) is 5.11 Å². The summed E-state index contributed by atoms with van der Waals surface area (Å²) in [7, 11) is 0. The summed E-state index contributed by atoms with van der Waals surface area (Å²) >= 11 is 0. The Morgan fingerprint density at radius 3 is 2.65 bits per heavy atom. The number of H-pyrrole nitrogens is 3. The smallest absolute Gasteiger partial charge is 0.306 e. The van der Waals surface area contributed by atoms with Crippen LogP contribution < -0.4 is 5.56 Å². The highest BCUT2D eigenvalue weighted by molar-refractivity contribution is 5.37. The maximum atomic E-state index is 10.1. The number of nitrogens with one attached hydrogen (secondary N) is 3. The van der Waals surface area contributed by atoms with E-state index in [2.05, 4.69) is 25.4 Å². The predicted molar refractivity (Wildman–Crippen MR) is 59.9 cm³/mol. The quantitative estimate of drug-likeness (QED) is 0.442. The number of nitrogens with zero attached hydrogens (tertiary/aromatic N) is 3. The normalized spacial score (nSPS) is 10.2. The molecule has 0 bridgehead atoms. The molecule has 0 aliphatic heterocycles. The summed E-state index contributed by atoms with van der Waals surface area (Å²) in [5, 5.41) is 19.9. The van der Waals surface area contributed by atoms with Gasteiger partial charge in [-0.15, -0.1) is 5.10 Å². The molecule has 8 nitrogen and oxygen atoms in total. The van der Waals surface area contributed by atoms with E-state index in [9.17, 15) is 4.79 Å². The summed E-state index contributed by atoms with van der Waals surface area (Å²) in [6.45, 7) is 3.85. The van der Waals surface area contributed by atoms with Gasteiger partial charge in [-0.1, -0.05) is 0 Å². The van der Waals surface area contributed by atoms with Crippen LogP contribution in [0.1, 0.15) is 11.5 Å². The topological polar surface area (TPSA) is 115 Å². The molecule has 4 N–H and O–H groups in total. The van der Waals surface area contributed by atoms with E-state index in [1.54, 1.807) is 4.63 Å². The Labute approximate surface area is 95.3 Å². The van der Waals surface area contributed by atoms with Gasteiger partial charge in [-0.3, -0.25) is 15.0 Å². The Morgan fingerprint density at radius 1 is 1.41 bits per heavy atom. The SMILES string of the molecule is Cc1nc2cc(C)[nH]n2n1.O=c1[nH][nH]cc1O. The monoisotopic (exact) mass is 236 g/mol. The minimum atomic E-state index is -0.486. The van der Waals surface area contributed by atoms with Crippen LogP contribution in [0.3, 0.4) is 0 Å². The molecule has 0 aliphatic rings. The lowest BCUT2D eigenvalue weighted by atomic mass is 10.5. The molecule has 3 rings (SSSR count). The second kappa shape index (κ2) is 4.16. The lowest BCUT2D eigenvalue weighted by Crippen LogP contribution is -1.95. The van der Waals surface area contributed by atoms with Gasteiger partial charge in [0.25, 0.3) is 0 Å². The molecule has 0 atom stereocenters. The molecule has 0 saturated heterocycles. The van der Waals surface area contributed by atoms with Gasteiger partial charge in [0.15, 0.2) is 5.65 Å². The zero-order valence-corrected chi connectivity index (χ0v) is 9.35. The Morgan fingerprint density at radius 2 is 2.18 bits per heavy atom. The van der Waals surface area contributed by atoms with Crippen LogP contribution in [0.15, 0.2) is 17.1 Å². The number of aromatic amines is 3. The van der Waals surface area contributed by atoms with E-state index in [1.807, 2.05) is 19.9 Å². The molecule has 90 valence electrons. The zero-order valence-electron chi connectivity index (χ0n) is 9.35. The van der Waals surface area contributed by atoms with Gasteiger partial charge >= 0.3 is 5.56 Å². The third-order valence-electron chi connectivity index (χ3n) is 1.99. The number of aromatic hydroxyl groups is 1. The minimum absolute atomic E-state index is 0.278. The summed E-state index contributed by atoms with van der Waals surface area (Å²) in [6, 6.07) is 1.96. The lowest BCUT2D eigenvalue weighted by molar-refractivity contribution is 0.470.